The Bertz CT molecular complexity index is 594. The fourth-order valence-corrected chi connectivity index (χ4v) is 3.29. The second kappa shape index (κ2) is 7.59. The van der Waals surface area contributed by atoms with Gasteiger partial charge >= 0.3 is 0 Å². The number of aryl methyl sites for hydroxylation is 1. The Morgan fingerprint density at radius 1 is 1.50 bits per heavy atom. The lowest BCUT2D eigenvalue weighted by Crippen LogP contribution is -2.16. The lowest BCUT2D eigenvalue weighted by atomic mass is 9.85. The Morgan fingerprint density at radius 2 is 2.23 bits per heavy atom. The first-order valence-corrected chi connectivity index (χ1v) is 7.48. The van der Waals surface area contributed by atoms with Crippen LogP contribution in [-0.2, 0) is 13.0 Å². The summed E-state index contributed by atoms with van der Waals surface area (Å²) in [5, 5.41) is 13.6. The molecule has 118 valence electrons. The predicted octanol–water partition coefficient (Wildman–Crippen LogP) is 3.29. The first kappa shape index (κ1) is 16.0. The van der Waals surface area contributed by atoms with Gasteiger partial charge in [0.15, 0.2) is 0 Å². The third kappa shape index (κ3) is 4.07. The highest BCUT2D eigenvalue weighted by atomic mass is 16.9. The van der Waals surface area contributed by atoms with E-state index < -0.39 is 5.09 Å². The van der Waals surface area contributed by atoms with E-state index in [0.717, 1.165) is 18.4 Å². The molecule has 6 heteroatoms. The quantitative estimate of drug-likeness (QED) is 0.694. The minimum Gasteiger partial charge on any atom is -0.337 e. The van der Waals surface area contributed by atoms with Crippen molar-refractivity contribution in [2.75, 3.05) is 0 Å². The molecule has 0 radical (unpaired) electrons. The standard InChI is InChI=1S/C16H20N2.HNO3/c1-2-13(11-18-10-9-17-12-18)16-8-7-14-5-3-4-6-15(14)16;2-1(3)4/h3-6,9-10,12-13,16H,2,7-8,11H2,1H3;(H,2,3,4). The first-order valence-electron chi connectivity index (χ1n) is 7.48. The molecule has 2 unspecified atom stereocenters. The molecule has 0 spiro atoms. The molecule has 2 atom stereocenters. The number of hydrogen-bond acceptors (Lipinski definition) is 3. The van der Waals surface area contributed by atoms with Crippen LogP contribution in [0, 0.1) is 16.0 Å². The zero-order chi connectivity index (χ0) is 15.9. The van der Waals surface area contributed by atoms with Crippen LogP contribution in [0.1, 0.15) is 36.8 Å². The fourth-order valence-electron chi connectivity index (χ4n) is 3.29. The monoisotopic (exact) mass is 303 g/mol. The first-order chi connectivity index (χ1) is 10.6. The van der Waals surface area contributed by atoms with E-state index in [1.54, 1.807) is 11.1 Å². The summed E-state index contributed by atoms with van der Waals surface area (Å²) >= 11 is 0. The highest BCUT2D eigenvalue weighted by Crippen LogP contribution is 2.40. The number of rotatable bonds is 4. The Hall–Kier alpha value is -2.37. The summed E-state index contributed by atoms with van der Waals surface area (Å²) in [6.45, 7) is 3.40. The molecule has 6 nitrogen and oxygen atoms in total. The van der Waals surface area contributed by atoms with Crippen LogP contribution in [-0.4, -0.2) is 19.8 Å². The van der Waals surface area contributed by atoms with Crippen molar-refractivity contribution >= 4 is 0 Å². The SMILES string of the molecule is CCC(Cn1ccnc1)C1CCc2ccccc21.O=[N+]([O-])O. The molecule has 1 aliphatic rings. The molecular formula is C16H21N3O3. The summed E-state index contributed by atoms with van der Waals surface area (Å²) in [5.41, 5.74) is 3.15. The van der Waals surface area contributed by atoms with Gasteiger partial charge in [-0.3, -0.25) is 0 Å². The zero-order valence-electron chi connectivity index (χ0n) is 12.6. The van der Waals surface area contributed by atoms with Crippen LogP contribution >= 0.6 is 0 Å². The summed E-state index contributed by atoms with van der Waals surface area (Å²) in [6, 6.07) is 8.96. The maximum Gasteiger partial charge on any atom is 0.291 e. The van der Waals surface area contributed by atoms with Crippen molar-refractivity contribution in [2.45, 2.75) is 38.6 Å². The number of nitrogens with zero attached hydrogens (tertiary/aromatic N) is 3. The summed E-state index contributed by atoms with van der Waals surface area (Å²) in [5.74, 6) is 1.46. The molecule has 3 rings (SSSR count). The van der Waals surface area contributed by atoms with Crippen LogP contribution in [0.3, 0.4) is 0 Å². The maximum atomic E-state index is 8.36. The van der Waals surface area contributed by atoms with Gasteiger partial charge < -0.3 is 9.77 Å². The number of fused-ring (bicyclic) bond motifs is 1. The predicted molar refractivity (Wildman–Crippen MR) is 82.3 cm³/mol. The van der Waals surface area contributed by atoms with Crippen LogP contribution in [0.4, 0.5) is 0 Å². The smallest absolute Gasteiger partial charge is 0.291 e. The molecule has 2 aromatic rings. The minimum absolute atomic E-state index is 0.725. The van der Waals surface area contributed by atoms with Crippen LogP contribution in [0.15, 0.2) is 43.0 Å². The largest absolute Gasteiger partial charge is 0.337 e. The van der Waals surface area contributed by atoms with Gasteiger partial charge in [-0.2, -0.15) is 0 Å². The van der Waals surface area contributed by atoms with Gasteiger partial charge in [-0.05, 0) is 35.8 Å². The molecule has 0 amide bonds. The van der Waals surface area contributed by atoms with Crippen molar-refractivity contribution in [1.29, 1.82) is 0 Å². The summed E-state index contributed by atoms with van der Waals surface area (Å²) < 4.78 is 2.22. The van der Waals surface area contributed by atoms with E-state index in [4.69, 9.17) is 15.3 Å². The number of imidazole rings is 1. The van der Waals surface area contributed by atoms with E-state index in [0.29, 0.717) is 0 Å². The van der Waals surface area contributed by atoms with Gasteiger partial charge in [-0.25, -0.2) is 4.98 Å². The number of aromatic nitrogens is 2. The zero-order valence-corrected chi connectivity index (χ0v) is 12.6. The van der Waals surface area contributed by atoms with Gasteiger partial charge in [-0.1, -0.05) is 37.6 Å². The normalized spacial score (nSPS) is 17.2. The molecule has 0 saturated heterocycles. The van der Waals surface area contributed by atoms with Crippen LogP contribution in [0.2, 0.25) is 0 Å². The van der Waals surface area contributed by atoms with E-state index in [2.05, 4.69) is 46.9 Å². The molecule has 0 fully saturated rings. The third-order valence-corrected chi connectivity index (χ3v) is 4.28. The molecular weight excluding hydrogens is 282 g/mol. The Labute approximate surface area is 129 Å². The molecule has 22 heavy (non-hydrogen) atoms. The van der Waals surface area contributed by atoms with Crippen LogP contribution < -0.4 is 0 Å². The topological polar surface area (TPSA) is 81.2 Å². The van der Waals surface area contributed by atoms with E-state index in [1.807, 2.05) is 12.5 Å². The van der Waals surface area contributed by atoms with Gasteiger partial charge in [0.2, 0.25) is 0 Å². The van der Waals surface area contributed by atoms with E-state index in [9.17, 15) is 0 Å². The molecule has 1 aromatic heterocycles. The molecule has 1 aromatic carbocycles. The summed E-state index contributed by atoms with van der Waals surface area (Å²) in [7, 11) is 0. The number of benzene rings is 1. The van der Waals surface area contributed by atoms with Crippen LogP contribution in [0.5, 0.6) is 0 Å². The molecule has 1 N–H and O–H groups in total. The van der Waals surface area contributed by atoms with Gasteiger partial charge in [0.05, 0.1) is 6.33 Å². The highest BCUT2D eigenvalue weighted by Gasteiger charge is 2.28. The number of hydrogen-bond donors (Lipinski definition) is 1. The van der Waals surface area contributed by atoms with Crippen molar-refractivity contribution in [2.24, 2.45) is 5.92 Å². The lowest BCUT2D eigenvalue weighted by molar-refractivity contribution is -0.742. The summed E-state index contributed by atoms with van der Waals surface area (Å²) in [4.78, 5) is 12.5. The Kier molecular flexibility index (Phi) is 5.52. The second-order valence-electron chi connectivity index (χ2n) is 5.51. The molecule has 1 aliphatic carbocycles. The molecule has 1 heterocycles. The minimum atomic E-state index is -1.50. The lowest BCUT2D eigenvalue weighted by Gasteiger charge is -2.23. The van der Waals surface area contributed by atoms with Crippen molar-refractivity contribution in [3.8, 4) is 0 Å². The molecule has 0 saturated carbocycles. The van der Waals surface area contributed by atoms with Gasteiger partial charge in [-0.15, -0.1) is 10.1 Å². The molecule has 0 bridgehead atoms. The van der Waals surface area contributed by atoms with E-state index >= 15 is 0 Å². The van der Waals surface area contributed by atoms with Gasteiger partial charge in [0.1, 0.15) is 0 Å². The van der Waals surface area contributed by atoms with Crippen molar-refractivity contribution in [3.63, 3.8) is 0 Å². The van der Waals surface area contributed by atoms with Crippen LogP contribution in [0.25, 0.3) is 0 Å². The average Bonchev–Trinajstić information content (AvgIpc) is 3.13. The van der Waals surface area contributed by atoms with E-state index in [1.165, 1.54) is 19.3 Å². The third-order valence-electron chi connectivity index (χ3n) is 4.28. The summed E-state index contributed by atoms with van der Waals surface area (Å²) in [6.07, 6.45) is 9.67. The van der Waals surface area contributed by atoms with Crippen molar-refractivity contribution < 1.29 is 10.3 Å². The maximum absolute atomic E-state index is 8.36. The van der Waals surface area contributed by atoms with Gasteiger partial charge in [0, 0.05) is 18.9 Å². The molecule has 0 aliphatic heterocycles. The van der Waals surface area contributed by atoms with Gasteiger partial charge in [0.25, 0.3) is 5.09 Å². The average molecular weight is 303 g/mol. The Morgan fingerprint density at radius 3 is 2.86 bits per heavy atom. The fraction of sp³-hybridized carbons (Fsp3) is 0.438. The highest BCUT2D eigenvalue weighted by molar-refractivity contribution is 5.35. The van der Waals surface area contributed by atoms with Crippen molar-refractivity contribution in [1.82, 2.24) is 9.55 Å². The van der Waals surface area contributed by atoms with Crippen molar-refractivity contribution in [3.05, 3.63) is 64.2 Å². The Balaban J connectivity index is 0.000000396. The second-order valence-corrected chi connectivity index (χ2v) is 5.51. The van der Waals surface area contributed by atoms with E-state index in [-0.39, 0.29) is 0 Å².